The van der Waals surface area contributed by atoms with Crippen molar-refractivity contribution < 1.29 is 0 Å². The molecule has 0 unspecified atom stereocenters. The lowest BCUT2D eigenvalue weighted by atomic mass is 10.3. The van der Waals surface area contributed by atoms with Gasteiger partial charge in [-0.2, -0.15) is 15.0 Å². The van der Waals surface area contributed by atoms with Gasteiger partial charge in [0, 0.05) is 0 Å². The van der Waals surface area contributed by atoms with Crippen LogP contribution < -0.4 is 0 Å². The predicted octanol–water partition coefficient (Wildman–Crippen LogP) is 2.28. The van der Waals surface area contributed by atoms with Crippen molar-refractivity contribution in [2.24, 2.45) is 4.99 Å². The maximum absolute atomic E-state index is 6.15. The minimum Gasteiger partial charge on any atom is -0.229 e. The lowest BCUT2D eigenvalue weighted by Gasteiger charge is -1.96. The van der Waals surface area contributed by atoms with Gasteiger partial charge in [0.25, 0.3) is 0 Å². The zero-order valence-electron chi connectivity index (χ0n) is 11.3. The van der Waals surface area contributed by atoms with Gasteiger partial charge in [-0.3, -0.25) is 0 Å². The standard InChI is InChI=1S/C14H10ClN7/c15-14(22-19-12-7-3-4-8-13(12)20-22)16-9-21-17-10-5-1-2-6-11(10)18-21/h1-8H,9H2/b16-14+. The predicted molar refractivity (Wildman–Crippen MR) is 83.7 cm³/mol. The molecule has 7 nitrogen and oxygen atoms in total. The molecule has 0 aliphatic rings. The first kappa shape index (κ1) is 12.9. The lowest BCUT2D eigenvalue weighted by molar-refractivity contribution is 0.561. The second-order valence-corrected chi connectivity index (χ2v) is 4.95. The van der Waals surface area contributed by atoms with Crippen molar-refractivity contribution in [1.82, 2.24) is 30.0 Å². The van der Waals surface area contributed by atoms with Gasteiger partial charge in [-0.1, -0.05) is 24.3 Å². The van der Waals surface area contributed by atoms with Gasteiger partial charge in [0.1, 0.15) is 22.1 Å². The van der Waals surface area contributed by atoms with Crippen LogP contribution in [0.2, 0.25) is 0 Å². The van der Waals surface area contributed by atoms with Gasteiger partial charge in [-0.15, -0.1) is 15.0 Å². The van der Waals surface area contributed by atoms with Crippen LogP contribution in [0.3, 0.4) is 0 Å². The van der Waals surface area contributed by atoms with E-state index >= 15 is 0 Å². The molecule has 0 aliphatic carbocycles. The van der Waals surface area contributed by atoms with E-state index in [1.165, 1.54) is 9.59 Å². The zero-order valence-corrected chi connectivity index (χ0v) is 12.1. The highest BCUT2D eigenvalue weighted by atomic mass is 35.5. The molecule has 0 aliphatic heterocycles. The number of fused-ring (bicyclic) bond motifs is 2. The highest BCUT2D eigenvalue weighted by molar-refractivity contribution is 6.64. The Hall–Kier alpha value is -2.80. The van der Waals surface area contributed by atoms with Crippen molar-refractivity contribution in [1.29, 1.82) is 0 Å². The molecular formula is C14H10ClN7. The number of aliphatic imine (C=N–C) groups is 1. The number of rotatable bonds is 2. The minimum absolute atomic E-state index is 0.164. The smallest absolute Gasteiger partial charge is 0.229 e. The van der Waals surface area contributed by atoms with E-state index in [-0.39, 0.29) is 12.0 Å². The Labute approximate surface area is 129 Å². The maximum atomic E-state index is 6.15. The first-order valence-corrected chi connectivity index (χ1v) is 7.00. The summed E-state index contributed by atoms with van der Waals surface area (Å²) >= 11 is 6.15. The largest absolute Gasteiger partial charge is 0.240 e. The number of aromatic nitrogens is 6. The molecule has 108 valence electrons. The molecule has 0 saturated carbocycles. The highest BCUT2D eigenvalue weighted by Gasteiger charge is 2.06. The third kappa shape index (κ3) is 2.31. The monoisotopic (exact) mass is 311 g/mol. The molecule has 4 aromatic rings. The van der Waals surface area contributed by atoms with Crippen LogP contribution in [0, 0.1) is 0 Å². The summed E-state index contributed by atoms with van der Waals surface area (Å²) in [5.41, 5.74) is 3.16. The van der Waals surface area contributed by atoms with Gasteiger partial charge in [-0.25, -0.2) is 4.99 Å². The Morgan fingerprint density at radius 3 is 1.77 bits per heavy atom. The van der Waals surface area contributed by atoms with Crippen LogP contribution in [0.25, 0.3) is 22.1 Å². The number of halogens is 1. The number of benzene rings is 2. The van der Waals surface area contributed by atoms with E-state index in [4.69, 9.17) is 11.6 Å². The van der Waals surface area contributed by atoms with E-state index in [0.29, 0.717) is 0 Å². The summed E-state index contributed by atoms with van der Waals surface area (Å²) in [6.45, 7) is 0.200. The summed E-state index contributed by atoms with van der Waals surface area (Å²) in [6.07, 6.45) is 0. The van der Waals surface area contributed by atoms with Gasteiger partial charge >= 0.3 is 0 Å². The van der Waals surface area contributed by atoms with Gasteiger partial charge in [0.05, 0.1) is 0 Å². The molecule has 2 aromatic heterocycles. The molecule has 2 aromatic carbocycles. The van der Waals surface area contributed by atoms with Crippen LogP contribution in [0.1, 0.15) is 0 Å². The highest BCUT2D eigenvalue weighted by Crippen LogP contribution is 2.09. The van der Waals surface area contributed by atoms with Crippen molar-refractivity contribution in [3.8, 4) is 0 Å². The SMILES string of the molecule is Cl/C(=N\Cn1nc2ccccc2n1)n1nc2ccccc2n1. The average molecular weight is 312 g/mol. The van der Waals surface area contributed by atoms with Gasteiger partial charge in [0.2, 0.25) is 5.29 Å². The second kappa shape index (κ2) is 5.19. The Balaban J connectivity index is 1.61. The summed E-state index contributed by atoms with van der Waals surface area (Å²) in [5.74, 6) is 0. The fraction of sp³-hybridized carbons (Fsp3) is 0.0714. The Bertz CT molecular complexity index is 919. The molecule has 22 heavy (non-hydrogen) atoms. The molecule has 8 heteroatoms. The summed E-state index contributed by atoms with van der Waals surface area (Å²) in [4.78, 5) is 7.00. The molecule has 0 bridgehead atoms. The Morgan fingerprint density at radius 2 is 1.27 bits per heavy atom. The molecule has 0 fully saturated rings. The van der Waals surface area contributed by atoms with Crippen molar-refractivity contribution in [3.63, 3.8) is 0 Å². The minimum atomic E-state index is 0.164. The summed E-state index contributed by atoms with van der Waals surface area (Å²) in [7, 11) is 0. The average Bonchev–Trinajstić information content (AvgIpc) is 3.15. The van der Waals surface area contributed by atoms with Gasteiger partial charge < -0.3 is 0 Å². The lowest BCUT2D eigenvalue weighted by Crippen LogP contribution is -2.11. The normalized spacial score (nSPS) is 12.3. The van der Waals surface area contributed by atoms with E-state index < -0.39 is 0 Å². The van der Waals surface area contributed by atoms with Crippen LogP contribution in [0.4, 0.5) is 0 Å². The summed E-state index contributed by atoms with van der Waals surface area (Å²) < 4.78 is 0. The van der Waals surface area contributed by atoms with Crippen molar-refractivity contribution in [2.75, 3.05) is 0 Å². The second-order valence-electron chi connectivity index (χ2n) is 4.61. The first-order valence-electron chi connectivity index (χ1n) is 6.62. The van der Waals surface area contributed by atoms with E-state index in [1.54, 1.807) is 0 Å². The van der Waals surface area contributed by atoms with Crippen LogP contribution >= 0.6 is 11.6 Å². The van der Waals surface area contributed by atoms with Crippen LogP contribution in [0.5, 0.6) is 0 Å². The van der Waals surface area contributed by atoms with Gasteiger partial charge in [0.15, 0.2) is 6.67 Å². The Kier molecular flexibility index (Phi) is 3.05. The molecule has 0 radical (unpaired) electrons. The number of hydrogen-bond acceptors (Lipinski definition) is 5. The Morgan fingerprint density at radius 1 is 0.818 bits per heavy atom. The molecule has 0 atom stereocenters. The third-order valence-electron chi connectivity index (χ3n) is 3.11. The molecule has 0 saturated heterocycles. The van der Waals surface area contributed by atoms with E-state index in [1.807, 2.05) is 48.5 Å². The van der Waals surface area contributed by atoms with Crippen LogP contribution in [0.15, 0.2) is 53.5 Å². The summed E-state index contributed by atoms with van der Waals surface area (Å²) in [5, 5.41) is 17.3. The molecule has 0 spiro atoms. The van der Waals surface area contributed by atoms with Crippen LogP contribution in [-0.4, -0.2) is 35.3 Å². The van der Waals surface area contributed by atoms with Crippen LogP contribution in [-0.2, 0) is 6.67 Å². The third-order valence-corrected chi connectivity index (χ3v) is 3.38. The molecule has 0 N–H and O–H groups in total. The summed E-state index contributed by atoms with van der Waals surface area (Å²) in [6, 6.07) is 15.1. The molecular weight excluding hydrogens is 302 g/mol. The maximum Gasteiger partial charge on any atom is 0.240 e. The zero-order chi connectivity index (χ0) is 14.9. The first-order chi connectivity index (χ1) is 10.8. The topological polar surface area (TPSA) is 73.8 Å². The van der Waals surface area contributed by atoms with Gasteiger partial charge in [-0.05, 0) is 35.9 Å². The van der Waals surface area contributed by atoms with Crippen molar-refractivity contribution in [2.45, 2.75) is 6.67 Å². The van der Waals surface area contributed by atoms with E-state index in [2.05, 4.69) is 25.4 Å². The molecule has 0 amide bonds. The number of hydrogen-bond donors (Lipinski definition) is 0. The van der Waals surface area contributed by atoms with E-state index in [0.717, 1.165) is 22.1 Å². The van der Waals surface area contributed by atoms with Crippen molar-refractivity contribution in [3.05, 3.63) is 48.5 Å². The fourth-order valence-corrected chi connectivity index (χ4v) is 2.22. The number of nitrogens with zero attached hydrogens (tertiary/aromatic N) is 7. The fourth-order valence-electron chi connectivity index (χ4n) is 2.09. The quantitative estimate of drug-likeness (QED) is 0.420. The molecule has 2 heterocycles. The van der Waals surface area contributed by atoms with Crippen molar-refractivity contribution >= 4 is 39.0 Å². The van der Waals surface area contributed by atoms with E-state index in [9.17, 15) is 0 Å². The molecule has 4 rings (SSSR count).